The molecule has 0 spiro atoms. The summed E-state index contributed by atoms with van der Waals surface area (Å²) in [6.07, 6.45) is 6.31. The largest absolute Gasteiger partial charge is 0.496 e. The molecule has 0 unspecified atom stereocenters. The molecular formula is C19H29NO4S. The minimum Gasteiger partial charge on any atom is -0.496 e. The minimum atomic E-state index is -3.28. The van der Waals surface area contributed by atoms with E-state index in [1.165, 1.54) is 0 Å². The highest BCUT2D eigenvalue weighted by molar-refractivity contribution is 7.90. The monoisotopic (exact) mass is 367 g/mol. The van der Waals surface area contributed by atoms with E-state index in [2.05, 4.69) is 10.8 Å². The summed E-state index contributed by atoms with van der Waals surface area (Å²) < 4.78 is 39.6. The van der Waals surface area contributed by atoms with Crippen LogP contribution in [0.1, 0.15) is 50.5 Å². The molecule has 2 aliphatic rings. The highest BCUT2D eigenvalue weighted by Gasteiger charge is 2.38. The summed E-state index contributed by atoms with van der Waals surface area (Å²) in [5.41, 5.74) is 0.805. The van der Waals surface area contributed by atoms with E-state index >= 15 is 0 Å². The van der Waals surface area contributed by atoms with Crippen molar-refractivity contribution >= 4 is 10.0 Å². The predicted octanol–water partition coefficient (Wildman–Crippen LogP) is 3.00. The van der Waals surface area contributed by atoms with Crippen LogP contribution in [0.4, 0.5) is 0 Å². The number of para-hydroxylation sites is 1. The SMILES string of the molecule is COc1ccccc1C1(CNS(=O)(=O)C2CCCCC2)CCOCC1. The third kappa shape index (κ3) is 4.18. The van der Waals surface area contributed by atoms with Gasteiger partial charge in [0.05, 0.1) is 12.4 Å². The van der Waals surface area contributed by atoms with Crippen molar-refractivity contribution in [3.63, 3.8) is 0 Å². The fraction of sp³-hybridized carbons (Fsp3) is 0.684. The molecule has 5 nitrogen and oxygen atoms in total. The summed E-state index contributed by atoms with van der Waals surface area (Å²) >= 11 is 0. The van der Waals surface area contributed by atoms with Crippen molar-refractivity contribution in [2.75, 3.05) is 26.9 Å². The Morgan fingerprint density at radius 2 is 1.84 bits per heavy atom. The Labute approximate surface area is 151 Å². The first-order valence-corrected chi connectivity index (χ1v) is 10.8. The molecule has 25 heavy (non-hydrogen) atoms. The number of nitrogens with one attached hydrogen (secondary N) is 1. The predicted molar refractivity (Wildman–Crippen MR) is 98.5 cm³/mol. The van der Waals surface area contributed by atoms with Gasteiger partial charge in [-0.25, -0.2) is 13.1 Å². The second-order valence-corrected chi connectivity index (χ2v) is 9.26. The second-order valence-electron chi connectivity index (χ2n) is 7.22. The fourth-order valence-electron chi connectivity index (χ4n) is 4.12. The van der Waals surface area contributed by atoms with Gasteiger partial charge in [-0.3, -0.25) is 0 Å². The lowest BCUT2D eigenvalue weighted by Gasteiger charge is -2.39. The Balaban J connectivity index is 1.81. The van der Waals surface area contributed by atoms with E-state index in [1.54, 1.807) is 7.11 Å². The molecule has 1 heterocycles. The lowest BCUT2D eigenvalue weighted by molar-refractivity contribution is 0.0508. The first-order chi connectivity index (χ1) is 12.1. The third-order valence-electron chi connectivity index (χ3n) is 5.73. The van der Waals surface area contributed by atoms with Gasteiger partial charge in [0, 0.05) is 30.7 Å². The number of hydrogen-bond donors (Lipinski definition) is 1. The third-order valence-corrected chi connectivity index (χ3v) is 7.63. The van der Waals surface area contributed by atoms with E-state index in [0.29, 0.717) is 19.8 Å². The van der Waals surface area contributed by atoms with Gasteiger partial charge in [0.15, 0.2) is 0 Å². The summed E-state index contributed by atoms with van der Waals surface area (Å²) in [6, 6.07) is 7.94. The Morgan fingerprint density at radius 1 is 1.16 bits per heavy atom. The Kier molecular flexibility index (Phi) is 6.02. The first kappa shape index (κ1) is 18.7. The van der Waals surface area contributed by atoms with Crippen molar-refractivity contribution in [1.82, 2.24) is 4.72 Å². The average Bonchev–Trinajstić information content (AvgIpc) is 2.68. The molecule has 6 heteroatoms. The van der Waals surface area contributed by atoms with Gasteiger partial charge >= 0.3 is 0 Å². The standard InChI is InChI=1S/C19H29NO4S/c1-23-18-10-6-5-9-17(18)19(11-13-24-14-12-19)15-20-25(21,22)16-7-3-2-4-8-16/h5-6,9-10,16,20H,2-4,7-8,11-15H2,1H3. The van der Waals surface area contributed by atoms with Crippen LogP contribution in [0.15, 0.2) is 24.3 Å². The zero-order valence-electron chi connectivity index (χ0n) is 15.0. The van der Waals surface area contributed by atoms with Crippen LogP contribution in [0.5, 0.6) is 5.75 Å². The molecule has 1 saturated carbocycles. The number of sulfonamides is 1. The van der Waals surface area contributed by atoms with Gasteiger partial charge in [0.2, 0.25) is 10.0 Å². The molecule has 1 aliphatic heterocycles. The van der Waals surface area contributed by atoms with Crippen LogP contribution in [0.3, 0.4) is 0 Å². The number of hydrogen-bond acceptors (Lipinski definition) is 4. The van der Waals surface area contributed by atoms with Crippen molar-refractivity contribution in [1.29, 1.82) is 0 Å². The van der Waals surface area contributed by atoms with Crippen LogP contribution in [0, 0.1) is 0 Å². The van der Waals surface area contributed by atoms with Gasteiger partial charge in [-0.1, -0.05) is 37.5 Å². The molecule has 1 saturated heterocycles. The maximum Gasteiger partial charge on any atom is 0.214 e. The van der Waals surface area contributed by atoms with Crippen molar-refractivity contribution in [3.05, 3.63) is 29.8 Å². The topological polar surface area (TPSA) is 64.6 Å². The molecule has 0 aromatic heterocycles. The highest BCUT2D eigenvalue weighted by atomic mass is 32.2. The van der Waals surface area contributed by atoms with E-state index in [-0.39, 0.29) is 10.7 Å². The van der Waals surface area contributed by atoms with E-state index in [1.807, 2.05) is 18.2 Å². The molecule has 140 valence electrons. The number of methoxy groups -OCH3 is 1. The Morgan fingerprint density at radius 3 is 2.52 bits per heavy atom. The Hall–Kier alpha value is -1.11. The van der Waals surface area contributed by atoms with E-state index in [9.17, 15) is 8.42 Å². The van der Waals surface area contributed by atoms with Gasteiger partial charge < -0.3 is 9.47 Å². The summed E-state index contributed by atoms with van der Waals surface area (Å²) in [4.78, 5) is 0. The van der Waals surface area contributed by atoms with Crippen molar-refractivity contribution in [2.24, 2.45) is 0 Å². The first-order valence-electron chi connectivity index (χ1n) is 9.27. The quantitative estimate of drug-likeness (QED) is 0.839. The van der Waals surface area contributed by atoms with Crippen LogP contribution >= 0.6 is 0 Å². The van der Waals surface area contributed by atoms with Crippen LogP contribution in [-0.4, -0.2) is 40.5 Å². The zero-order chi connectivity index (χ0) is 17.8. The number of ether oxygens (including phenoxy) is 2. The molecule has 0 bridgehead atoms. The van der Waals surface area contributed by atoms with Gasteiger partial charge in [-0.15, -0.1) is 0 Å². The smallest absolute Gasteiger partial charge is 0.214 e. The van der Waals surface area contributed by atoms with E-state index in [0.717, 1.165) is 56.3 Å². The van der Waals surface area contributed by atoms with Crippen LogP contribution in [-0.2, 0) is 20.2 Å². The van der Waals surface area contributed by atoms with Crippen molar-refractivity contribution in [2.45, 2.75) is 55.6 Å². The molecule has 1 aromatic rings. The molecule has 1 N–H and O–H groups in total. The normalized spacial score (nSPS) is 21.8. The van der Waals surface area contributed by atoms with E-state index in [4.69, 9.17) is 9.47 Å². The van der Waals surface area contributed by atoms with Crippen LogP contribution in [0.2, 0.25) is 0 Å². The molecule has 0 radical (unpaired) electrons. The maximum absolute atomic E-state index is 12.8. The lowest BCUT2D eigenvalue weighted by Crippen LogP contribution is -2.47. The van der Waals surface area contributed by atoms with Gasteiger partial charge in [-0.05, 0) is 31.7 Å². The molecule has 1 aliphatic carbocycles. The molecule has 1 aromatic carbocycles. The average molecular weight is 368 g/mol. The number of rotatable bonds is 6. The Bertz CT molecular complexity index is 662. The summed E-state index contributed by atoms with van der Waals surface area (Å²) in [7, 11) is -1.62. The fourth-order valence-corrected chi connectivity index (χ4v) is 5.79. The second kappa shape index (κ2) is 8.06. The molecule has 2 fully saturated rings. The minimum absolute atomic E-state index is 0.240. The maximum atomic E-state index is 12.8. The number of benzene rings is 1. The summed E-state index contributed by atoms with van der Waals surface area (Å²) in [5, 5.41) is -0.240. The van der Waals surface area contributed by atoms with Gasteiger partial charge in [-0.2, -0.15) is 0 Å². The zero-order valence-corrected chi connectivity index (χ0v) is 15.8. The summed E-state index contributed by atoms with van der Waals surface area (Å²) in [6.45, 7) is 1.70. The summed E-state index contributed by atoms with van der Waals surface area (Å²) in [5.74, 6) is 0.821. The van der Waals surface area contributed by atoms with Crippen LogP contribution < -0.4 is 9.46 Å². The van der Waals surface area contributed by atoms with Crippen molar-refractivity contribution in [3.8, 4) is 5.75 Å². The lowest BCUT2D eigenvalue weighted by atomic mass is 9.74. The van der Waals surface area contributed by atoms with Crippen molar-refractivity contribution < 1.29 is 17.9 Å². The van der Waals surface area contributed by atoms with E-state index < -0.39 is 10.0 Å². The molecular weight excluding hydrogens is 338 g/mol. The van der Waals surface area contributed by atoms with Crippen LogP contribution in [0.25, 0.3) is 0 Å². The molecule has 3 rings (SSSR count). The molecule has 0 atom stereocenters. The highest BCUT2D eigenvalue weighted by Crippen LogP contribution is 2.39. The van der Waals surface area contributed by atoms with Gasteiger partial charge in [0.25, 0.3) is 0 Å². The van der Waals surface area contributed by atoms with Gasteiger partial charge in [0.1, 0.15) is 5.75 Å². The molecule has 0 amide bonds.